The lowest BCUT2D eigenvalue weighted by atomic mass is 10.2. The Bertz CT molecular complexity index is 842. The van der Waals surface area contributed by atoms with Crippen LogP contribution in [0.3, 0.4) is 0 Å². The normalized spacial score (nSPS) is 11.0. The fraction of sp³-hybridized carbons (Fsp3) is 0.250. The van der Waals surface area contributed by atoms with E-state index < -0.39 is 0 Å². The Labute approximate surface area is 141 Å². The van der Waals surface area contributed by atoms with Crippen LogP contribution in [0.5, 0.6) is 0 Å². The molecular weight excluding hydrogens is 331 g/mol. The third-order valence-corrected chi connectivity index (χ3v) is 4.36. The minimum Gasteiger partial charge on any atom is -0.343 e. The van der Waals surface area contributed by atoms with Gasteiger partial charge in [0.1, 0.15) is 11.5 Å². The van der Waals surface area contributed by atoms with Gasteiger partial charge in [-0.05, 0) is 24.3 Å². The summed E-state index contributed by atoms with van der Waals surface area (Å²) in [5.41, 5.74) is 0.994. The van der Waals surface area contributed by atoms with Crippen molar-refractivity contribution in [3.63, 3.8) is 0 Å². The summed E-state index contributed by atoms with van der Waals surface area (Å²) in [6.45, 7) is 4.17. The first-order chi connectivity index (χ1) is 11.5. The van der Waals surface area contributed by atoms with Crippen molar-refractivity contribution in [3.8, 4) is 11.5 Å². The minimum atomic E-state index is -0.338. The van der Waals surface area contributed by atoms with Gasteiger partial charge in [-0.1, -0.05) is 19.0 Å². The van der Waals surface area contributed by atoms with Gasteiger partial charge in [0.15, 0.2) is 5.82 Å². The van der Waals surface area contributed by atoms with Gasteiger partial charge in [-0.15, -0.1) is 11.3 Å². The molecule has 1 N–H and O–H groups in total. The van der Waals surface area contributed by atoms with Crippen LogP contribution in [0, 0.1) is 5.82 Å². The highest BCUT2D eigenvalue weighted by atomic mass is 32.1. The lowest BCUT2D eigenvalue weighted by Gasteiger charge is -1.99. The van der Waals surface area contributed by atoms with E-state index in [1.54, 1.807) is 17.5 Å². The number of amides is 1. The third-order valence-electron chi connectivity index (χ3n) is 3.21. The van der Waals surface area contributed by atoms with Crippen LogP contribution < -0.4 is 5.32 Å². The topological polar surface area (TPSA) is 80.9 Å². The van der Waals surface area contributed by atoms with Gasteiger partial charge in [-0.25, -0.2) is 9.37 Å². The molecule has 2 aromatic heterocycles. The maximum Gasteiger partial charge on any atom is 0.271 e. The second kappa shape index (κ2) is 6.88. The minimum absolute atomic E-state index is 0.123. The molecule has 0 saturated carbocycles. The maximum atomic E-state index is 12.9. The molecule has 0 fully saturated rings. The third kappa shape index (κ3) is 3.65. The Morgan fingerprint density at radius 2 is 2.04 bits per heavy atom. The molecule has 24 heavy (non-hydrogen) atoms. The standard InChI is InChI=1S/C16H15FN4O2S/c1-9(2)16-19-12(8-24-16)14(22)18-7-13-20-15(23-21-13)10-3-5-11(17)6-4-10/h3-6,8-9H,7H2,1-2H3,(H,18,22). The summed E-state index contributed by atoms with van der Waals surface area (Å²) in [5, 5.41) is 9.15. The van der Waals surface area contributed by atoms with Crippen LogP contribution in [0.4, 0.5) is 4.39 Å². The van der Waals surface area contributed by atoms with Crippen molar-refractivity contribution in [2.24, 2.45) is 0 Å². The van der Waals surface area contributed by atoms with Gasteiger partial charge in [0.25, 0.3) is 11.8 Å². The van der Waals surface area contributed by atoms with Gasteiger partial charge in [0.2, 0.25) is 0 Å². The summed E-state index contributed by atoms with van der Waals surface area (Å²) >= 11 is 1.46. The fourth-order valence-corrected chi connectivity index (χ4v) is 2.76. The first-order valence-electron chi connectivity index (χ1n) is 7.35. The number of hydrogen-bond acceptors (Lipinski definition) is 6. The smallest absolute Gasteiger partial charge is 0.271 e. The summed E-state index contributed by atoms with van der Waals surface area (Å²) < 4.78 is 18.0. The molecule has 8 heteroatoms. The van der Waals surface area contributed by atoms with E-state index >= 15 is 0 Å². The van der Waals surface area contributed by atoms with Crippen LogP contribution >= 0.6 is 11.3 Å². The van der Waals surface area contributed by atoms with E-state index in [1.165, 1.54) is 23.5 Å². The lowest BCUT2D eigenvalue weighted by molar-refractivity contribution is 0.0945. The molecule has 0 aliphatic heterocycles. The molecule has 124 valence electrons. The summed E-state index contributed by atoms with van der Waals surface area (Å²) in [4.78, 5) is 20.5. The van der Waals surface area contributed by atoms with Crippen LogP contribution in [-0.4, -0.2) is 21.0 Å². The number of nitrogens with one attached hydrogen (secondary N) is 1. The number of benzene rings is 1. The Hall–Kier alpha value is -2.61. The number of hydrogen-bond donors (Lipinski definition) is 1. The van der Waals surface area contributed by atoms with E-state index in [1.807, 2.05) is 13.8 Å². The molecule has 0 bridgehead atoms. The quantitative estimate of drug-likeness (QED) is 0.766. The second-order valence-corrected chi connectivity index (χ2v) is 6.32. The number of rotatable bonds is 5. The second-order valence-electron chi connectivity index (χ2n) is 5.43. The van der Waals surface area contributed by atoms with Crippen molar-refractivity contribution in [2.75, 3.05) is 0 Å². The van der Waals surface area contributed by atoms with Crippen LogP contribution in [0.15, 0.2) is 34.2 Å². The predicted molar refractivity (Wildman–Crippen MR) is 87.1 cm³/mol. The van der Waals surface area contributed by atoms with Gasteiger partial charge < -0.3 is 9.84 Å². The number of nitrogens with zero attached hydrogens (tertiary/aromatic N) is 3. The molecule has 3 rings (SSSR count). The lowest BCUT2D eigenvalue weighted by Crippen LogP contribution is -2.23. The van der Waals surface area contributed by atoms with Crippen molar-refractivity contribution < 1.29 is 13.7 Å². The average molecular weight is 346 g/mol. The molecule has 0 radical (unpaired) electrons. The summed E-state index contributed by atoms with van der Waals surface area (Å²) in [6.07, 6.45) is 0. The molecule has 1 amide bonds. The molecule has 0 aliphatic carbocycles. The number of carbonyl (C=O) groups excluding carboxylic acids is 1. The Morgan fingerprint density at radius 3 is 2.71 bits per heavy atom. The summed E-state index contributed by atoms with van der Waals surface area (Å²) in [6, 6.07) is 5.73. The SMILES string of the molecule is CC(C)c1nc(C(=O)NCc2noc(-c3ccc(F)cc3)n2)cs1. The highest BCUT2D eigenvalue weighted by Crippen LogP contribution is 2.19. The highest BCUT2D eigenvalue weighted by molar-refractivity contribution is 7.09. The highest BCUT2D eigenvalue weighted by Gasteiger charge is 2.14. The molecule has 1 aromatic carbocycles. The van der Waals surface area contributed by atoms with Crippen LogP contribution in [0.2, 0.25) is 0 Å². The van der Waals surface area contributed by atoms with Crippen LogP contribution in [0.25, 0.3) is 11.5 Å². The van der Waals surface area contributed by atoms with E-state index in [-0.39, 0.29) is 30.1 Å². The molecule has 0 spiro atoms. The van der Waals surface area contributed by atoms with Gasteiger partial charge in [-0.3, -0.25) is 4.79 Å². The zero-order valence-corrected chi connectivity index (χ0v) is 13.9. The van der Waals surface area contributed by atoms with E-state index in [9.17, 15) is 9.18 Å². The zero-order valence-electron chi connectivity index (χ0n) is 13.1. The van der Waals surface area contributed by atoms with E-state index in [0.717, 1.165) is 5.01 Å². The van der Waals surface area contributed by atoms with Gasteiger partial charge >= 0.3 is 0 Å². The van der Waals surface area contributed by atoms with Crippen LogP contribution in [0.1, 0.15) is 41.1 Å². The first kappa shape index (κ1) is 16.3. The van der Waals surface area contributed by atoms with Crippen LogP contribution in [-0.2, 0) is 6.54 Å². The molecule has 2 heterocycles. The number of thiazole rings is 1. The molecule has 6 nitrogen and oxygen atoms in total. The van der Waals surface area contributed by atoms with Crippen molar-refractivity contribution in [1.29, 1.82) is 0 Å². The largest absolute Gasteiger partial charge is 0.343 e. The fourth-order valence-electron chi connectivity index (χ4n) is 1.94. The Balaban J connectivity index is 1.62. The van der Waals surface area contributed by atoms with Gasteiger partial charge in [-0.2, -0.15) is 4.98 Å². The summed E-state index contributed by atoms with van der Waals surface area (Å²) in [7, 11) is 0. The van der Waals surface area contributed by atoms with Crippen molar-refractivity contribution >= 4 is 17.2 Å². The maximum absolute atomic E-state index is 12.9. The Morgan fingerprint density at radius 1 is 1.29 bits per heavy atom. The van der Waals surface area contributed by atoms with E-state index in [4.69, 9.17) is 4.52 Å². The molecule has 3 aromatic rings. The predicted octanol–water partition coefficient (Wildman–Crippen LogP) is 3.39. The summed E-state index contributed by atoms with van der Waals surface area (Å²) in [5.74, 6) is 0.269. The van der Waals surface area contributed by atoms with Gasteiger partial charge in [0, 0.05) is 16.9 Å². The number of halogens is 1. The number of aromatic nitrogens is 3. The molecule has 0 atom stereocenters. The zero-order chi connectivity index (χ0) is 17.1. The molecule has 0 aliphatic rings. The monoisotopic (exact) mass is 346 g/mol. The Kier molecular flexibility index (Phi) is 4.66. The molecule has 0 unspecified atom stereocenters. The van der Waals surface area contributed by atoms with E-state index in [2.05, 4.69) is 20.4 Å². The van der Waals surface area contributed by atoms with E-state index in [0.29, 0.717) is 17.1 Å². The van der Waals surface area contributed by atoms with Crippen molar-refractivity contribution in [3.05, 3.63) is 52.0 Å². The van der Waals surface area contributed by atoms with Gasteiger partial charge in [0.05, 0.1) is 11.6 Å². The first-order valence-corrected chi connectivity index (χ1v) is 8.23. The number of carbonyl (C=O) groups is 1. The van der Waals surface area contributed by atoms with Crippen molar-refractivity contribution in [1.82, 2.24) is 20.4 Å². The average Bonchev–Trinajstić information content (AvgIpc) is 3.23. The molecule has 0 saturated heterocycles. The molecular formula is C16H15FN4O2S. The van der Waals surface area contributed by atoms with Crippen molar-refractivity contribution in [2.45, 2.75) is 26.3 Å².